The monoisotopic (exact) mass is 501 g/mol. The molecule has 36 heavy (non-hydrogen) atoms. The Balaban J connectivity index is 1.55. The summed E-state index contributed by atoms with van der Waals surface area (Å²) in [7, 11) is 0. The van der Waals surface area contributed by atoms with Crippen LogP contribution in [0.2, 0.25) is 0 Å². The number of aliphatic imine (C=N–C) groups is 1. The van der Waals surface area contributed by atoms with Crippen LogP contribution < -0.4 is 5.32 Å². The summed E-state index contributed by atoms with van der Waals surface area (Å²) in [6.07, 6.45) is -4.64. The first-order chi connectivity index (χ1) is 17.2. The number of hydrogen-bond acceptors (Lipinski definition) is 7. The van der Waals surface area contributed by atoms with Crippen LogP contribution in [0.1, 0.15) is 27.0 Å². The summed E-state index contributed by atoms with van der Waals surface area (Å²) in [5.41, 5.74) is -0.242. The summed E-state index contributed by atoms with van der Waals surface area (Å²) in [6.45, 7) is 4.39. The third-order valence-corrected chi connectivity index (χ3v) is 6.18. The fraction of sp³-hybridized carbons (Fsp3) is 0.292. The highest BCUT2D eigenvalue weighted by Crippen LogP contribution is 2.40. The lowest BCUT2D eigenvalue weighted by molar-refractivity contribution is -0.136. The highest BCUT2D eigenvalue weighted by atomic mass is 19.4. The van der Waals surface area contributed by atoms with Crippen molar-refractivity contribution >= 4 is 34.0 Å². The van der Waals surface area contributed by atoms with E-state index in [0.29, 0.717) is 12.1 Å². The van der Waals surface area contributed by atoms with Crippen molar-refractivity contribution in [3.63, 3.8) is 0 Å². The smallest absolute Gasteiger partial charge is 0.418 e. The predicted octanol–water partition coefficient (Wildman–Crippen LogP) is 3.35. The summed E-state index contributed by atoms with van der Waals surface area (Å²) < 4.78 is 40.7. The zero-order valence-corrected chi connectivity index (χ0v) is 18.9. The number of nitrogens with zero attached hydrogens (tertiary/aromatic N) is 3. The molecule has 3 aromatic rings. The molecule has 0 bridgehead atoms. The molecule has 2 aromatic carbocycles. The average molecular weight is 501 g/mol. The Bertz CT molecular complexity index is 1390. The molecule has 1 aromatic heterocycles. The second kappa shape index (κ2) is 9.28. The van der Waals surface area contributed by atoms with Gasteiger partial charge in [-0.05, 0) is 24.3 Å². The molecule has 0 amide bonds. The molecule has 188 valence electrons. The van der Waals surface area contributed by atoms with E-state index < -0.39 is 23.6 Å². The van der Waals surface area contributed by atoms with Crippen molar-refractivity contribution in [3.8, 4) is 5.88 Å². The van der Waals surface area contributed by atoms with Crippen LogP contribution >= 0.6 is 0 Å². The number of H-pyrrole nitrogens is 1. The number of oxime groups is 1. The number of carboxylic acid groups (broad SMARTS) is 1. The Labute approximate surface area is 202 Å². The lowest BCUT2D eigenvalue weighted by atomic mass is 9.99. The zero-order valence-electron chi connectivity index (χ0n) is 18.9. The first-order valence-electron chi connectivity index (χ1n) is 11.2. The van der Waals surface area contributed by atoms with E-state index in [1.54, 1.807) is 0 Å². The van der Waals surface area contributed by atoms with E-state index in [0.717, 1.165) is 32.2 Å². The second-order valence-corrected chi connectivity index (χ2v) is 8.44. The van der Waals surface area contributed by atoms with E-state index in [4.69, 9.17) is 4.84 Å². The maximum atomic E-state index is 13.6. The molecule has 0 aliphatic carbocycles. The third-order valence-electron chi connectivity index (χ3n) is 6.18. The van der Waals surface area contributed by atoms with Crippen LogP contribution in [0.4, 0.5) is 18.9 Å². The maximum absolute atomic E-state index is 13.6. The van der Waals surface area contributed by atoms with Crippen molar-refractivity contribution in [1.29, 1.82) is 0 Å². The van der Waals surface area contributed by atoms with Crippen LogP contribution in [0.25, 0.3) is 10.9 Å². The number of hydrogen-bond donors (Lipinski definition) is 4. The van der Waals surface area contributed by atoms with Gasteiger partial charge in [0.05, 0.1) is 27.9 Å². The lowest BCUT2D eigenvalue weighted by Crippen LogP contribution is -2.44. The van der Waals surface area contributed by atoms with Gasteiger partial charge in [-0.1, -0.05) is 17.3 Å². The Hall–Kier alpha value is -3.90. The highest BCUT2D eigenvalue weighted by molar-refractivity contribution is 6.58. The molecule has 5 rings (SSSR count). The third kappa shape index (κ3) is 4.40. The second-order valence-electron chi connectivity index (χ2n) is 8.44. The van der Waals surface area contributed by atoms with Crippen LogP contribution in [0, 0.1) is 0 Å². The number of aromatic nitrogens is 1. The summed E-state index contributed by atoms with van der Waals surface area (Å²) >= 11 is 0. The summed E-state index contributed by atoms with van der Waals surface area (Å²) in [5.74, 6) is -1.67. The number of alkyl halides is 3. The van der Waals surface area contributed by atoms with Crippen molar-refractivity contribution in [1.82, 2.24) is 15.2 Å². The SMILES string of the molecule is O=C(O)c1ccc2c(c1)N=C(c1c(O)[nH]c3c(C(F)(F)F)cccc13)/C2=N/OCCN1CCNCC1. The molecule has 1 fully saturated rings. The molecular formula is C24H22F3N5O4. The number of aromatic carboxylic acids is 1. The minimum atomic E-state index is -4.64. The Morgan fingerprint density at radius 3 is 2.69 bits per heavy atom. The standard InChI is InChI=1S/C24H22F3N5O4/c25-24(26,27)16-3-1-2-15-18(22(33)30-19(15)16)21-20(31-36-11-10-32-8-6-28-7-9-32)14-5-4-13(23(34)35)12-17(14)29-21/h1-5,12,28,30,33H,6-11H2,(H,34,35)/b31-20+. The van der Waals surface area contributed by atoms with Crippen molar-refractivity contribution in [2.75, 3.05) is 39.3 Å². The van der Waals surface area contributed by atoms with E-state index in [-0.39, 0.29) is 45.7 Å². The van der Waals surface area contributed by atoms with Crippen LogP contribution in [0.15, 0.2) is 46.5 Å². The minimum Gasteiger partial charge on any atom is -0.494 e. The summed E-state index contributed by atoms with van der Waals surface area (Å²) in [5, 5.41) is 27.6. The average Bonchev–Trinajstić information content (AvgIpc) is 3.37. The zero-order chi connectivity index (χ0) is 25.4. The maximum Gasteiger partial charge on any atom is 0.418 e. The summed E-state index contributed by atoms with van der Waals surface area (Å²) in [4.78, 5) is 26.1. The normalized spacial score (nSPS) is 17.4. The van der Waals surface area contributed by atoms with Crippen LogP contribution in [-0.2, 0) is 11.0 Å². The van der Waals surface area contributed by atoms with Crippen molar-refractivity contribution < 1.29 is 33.0 Å². The molecule has 3 heterocycles. The molecule has 9 nitrogen and oxygen atoms in total. The van der Waals surface area contributed by atoms with Crippen molar-refractivity contribution in [2.24, 2.45) is 10.1 Å². The quantitative estimate of drug-likeness (QED) is 0.304. The number of aromatic hydroxyl groups is 1. The number of carboxylic acids is 1. The minimum absolute atomic E-state index is 0.0137. The van der Waals surface area contributed by atoms with Gasteiger partial charge in [-0.25, -0.2) is 9.79 Å². The molecule has 0 radical (unpaired) electrons. The predicted molar refractivity (Wildman–Crippen MR) is 126 cm³/mol. The molecule has 2 aliphatic heterocycles. The number of piperazine rings is 1. The van der Waals surface area contributed by atoms with Crippen molar-refractivity contribution in [2.45, 2.75) is 6.18 Å². The van der Waals surface area contributed by atoms with Gasteiger partial charge in [0, 0.05) is 43.7 Å². The molecule has 2 aliphatic rings. The number of fused-ring (bicyclic) bond motifs is 2. The number of halogens is 3. The Morgan fingerprint density at radius 1 is 1.19 bits per heavy atom. The van der Waals surface area contributed by atoms with Gasteiger partial charge in [-0.3, -0.25) is 4.90 Å². The molecular weight excluding hydrogens is 479 g/mol. The van der Waals surface area contributed by atoms with Crippen molar-refractivity contribution in [3.05, 3.63) is 58.7 Å². The molecule has 12 heteroatoms. The Morgan fingerprint density at radius 2 is 1.97 bits per heavy atom. The van der Waals surface area contributed by atoms with E-state index in [1.807, 2.05) is 0 Å². The van der Waals surface area contributed by atoms with E-state index in [9.17, 15) is 28.2 Å². The number of carbonyl (C=O) groups is 1. The largest absolute Gasteiger partial charge is 0.494 e. The number of para-hydroxylation sites is 1. The van der Waals surface area contributed by atoms with Gasteiger partial charge in [0.25, 0.3) is 0 Å². The van der Waals surface area contributed by atoms with Crippen LogP contribution in [0.3, 0.4) is 0 Å². The molecule has 0 saturated carbocycles. The Kier molecular flexibility index (Phi) is 6.14. The number of benzene rings is 2. The van der Waals surface area contributed by atoms with Crippen LogP contribution in [-0.4, -0.2) is 76.8 Å². The van der Waals surface area contributed by atoms with Gasteiger partial charge in [-0.2, -0.15) is 13.2 Å². The van der Waals surface area contributed by atoms with Gasteiger partial charge < -0.3 is 25.4 Å². The van der Waals surface area contributed by atoms with E-state index >= 15 is 0 Å². The number of rotatable bonds is 6. The summed E-state index contributed by atoms with van der Waals surface area (Å²) in [6, 6.07) is 7.84. The highest BCUT2D eigenvalue weighted by Gasteiger charge is 2.36. The van der Waals surface area contributed by atoms with Gasteiger partial charge in [-0.15, -0.1) is 0 Å². The van der Waals surface area contributed by atoms with Gasteiger partial charge in [0.1, 0.15) is 18.0 Å². The fourth-order valence-electron chi connectivity index (χ4n) is 4.42. The van der Waals surface area contributed by atoms with Gasteiger partial charge in [0.2, 0.25) is 0 Å². The van der Waals surface area contributed by atoms with Gasteiger partial charge in [0.15, 0.2) is 5.88 Å². The molecule has 0 spiro atoms. The fourth-order valence-corrected chi connectivity index (χ4v) is 4.42. The van der Waals surface area contributed by atoms with Crippen LogP contribution in [0.5, 0.6) is 5.88 Å². The topological polar surface area (TPSA) is 123 Å². The molecule has 0 unspecified atom stereocenters. The molecule has 4 N–H and O–H groups in total. The van der Waals surface area contributed by atoms with E-state index in [2.05, 4.69) is 25.3 Å². The first-order valence-corrected chi connectivity index (χ1v) is 11.2. The molecule has 0 atom stereocenters. The van der Waals surface area contributed by atoms with Gasteiger partial charge >= 0.3 is 12.1 Å². The van der Waals surface area contributed by atoms with E-state index in [1.165, 1.54) is 30.3 Å². The lowest BCUT2D eigenvalue weighted by Gasteiger charge is -2.26. The number of aromatic amines is 1. The molecule has 1 saturated heterocycles. The first kappa shape index (κ1) is 23.8. The number of nitrogens with one attached hydrogen (secondary N) is 2.